The van der Waals surface area contributed by atoms with Gasteiger partial charge in [-0.25, -0.2) is 4.98 Å². The van der Waals surface area contributed by atoms with Gasteiger partial charge in [-0.05, 0) is 59.9 Å². The summed E-state index contributed by atoms with van der Waals surface area (Å²) in [5.41, 5.74) is 6.06. The number of hydrogen-bond donors (Lipinski definition) is 1. The van der Waals surface area contributed by atoms with Gasteiger partial charge in [-0.3, -0.25) is 9.36 Å². The highest BCUT2D eigenvalue weighted by Gasteiger charge is 2.18. The van der Waals surface area contributed by atoms with Gasteiger partial charge in [-0.15, -0.1) is 10.2 Å². The van der Waals surface area contributed by atoms with Gasteiger partial charge in [0.1, 0.15) is 5.82 Å². The summed E-state index contributed by atoms with van der Waals surface area (Å²) < 4.78 is 1.81. The van der Waals surface area contributed by atoms with Crippen molar-refractivity contribution in [3.8, 4) is 16.9 Å². The smallest absolute Gasteiger partial charge is 0.276 e. The molecule has 2 aromatic carbocycles. The van der Waals surface area contributed by atoms with Gasteiger partial charge >= 0.3 is 0 Å². The van der Waals surface area contributed by atoms with Crippen molar-refractivity contribution in [1.29, 1.82) is 0 Å². The highest BCUT2D eigenvalue weighted by Crippen LogP contribution is 2.37. The van der Waals surface area contributed by atoms with E-state index in [1.807, 2.05) is 29.8 Å². The molecule has 0 saturated heterocycles. The fourth-order valence-corrected chi connectivity index (χ4v) is 3.61. The molecule has 0 bridgehead atoms. The van der Waals surface area contributed by atoms with Gasteiger partial charge in [0.15, 0.2) is 11.5 Å². The normalized spacial score (nSPS) is 11.8. The van der Waals surface area contributed by atoms with E-state index in [0.717, 1.165) is 17.9 Å². The maximum Gasteiger partial charge on any atom is 0.276 e. The predicted octanol–water partition coefficient (Wildman–Crippen LogP) is 3.79. The zero-order valence-electron chi connectivity index (χ0n) is 15.3. The van der Waals surface area contributed by atoms with Crippen LogP contribution in [0.5, 0.6) is 0 Å². The molecule has 0 unspecified atom stereocenters. The minimum absolute atomic E-state index is 0.269. The summed E-state index contributed by atoms with van der Waals surface area (Å²) >= 11 is 0. The lowest BCUT2D eigenvalue weighted by molar-refractivity contribution is 0.102. The molecule has 0 radical (unpaired) electrons. The number of nitrogens with zero attached hydrogens (tertiary/aromatic N) is 4. The Hall–Kier alpha value is -3.80. The second-order valence-corrected chi connectivity index (χ2v) is 6.78. The second kappa shape index (κ2) is 6.42. The van der Waals surface area contributed by atoms with Crippen LogP contribution in [0.2, 0.25) is 0 Å². The molecular formula is C22H17N5O. The summed E-state index contributed by atoms with van der Waals surface area (Å²) in [6, 6.07) is 17.8. The number of nitrogens with one attached hydrogen (secondary N) is 1. The van der Waals surface area contributed by atoms with Crippen LogP contribution in [-0.2, 0) is 6.42 Å². The Bertz CT molecular complexity index is 1190. The Morgan fingerprint density at radius 3 is 2.64 bits per heavy atom. The lowest BCUT2D eigenvalue weighted by atomic mass is 10.1. The Morgan fingerprint density at radius 2 is 1.86 bits per heavy atom. The Kier molecular flexibility index (Phi) is 3.76. The van der Waals surface area contributed by atoms with E-state index in [1.165, 1.54) is 22.3 Å². The van der Waals surface area contributed by atoms with Crippen LogP contribution in [0, 0.1) is 6.92 Å². The van der Waals surface area contributed by atoms with Gasteiger partial charge in [0, 0.05) is 18.1 Å². The van der Waals surface area contributed by atoms with Gasteiger partial charge in [0.25, 0.3) is 5.91 Å². The molecule has 1 amide bonds. The number of aryl methyl sites for hydroxylation is 1. The molecule has 0 aliphatic heterocycles. The molecule has 5 rings (SSSR count). The van der Waals surface area contributed by atoms with Gasteiger partial charge in [0.05, 0.1) is 0 Å². The van der Waals surface area contributed by atoms with Crippen molar-refractivity contribution in [3.05, 3.63) is 89.6 Å². The van der Waals surface area contributed by atoms with Crippen molar-refractivity contribution in [1.82, 2.24) is 19.7 Å². The zero-order valence-corrected chi connectivity index (χ0v) is 15.3. The summed E-state index contributed by atoms with van der Waals surface area (Å²) in [6.45, 7) is 1.88. The fraction of sp³-hybridized carbons (Fsp3) is 0.0909. The van der Waals surface area contributed by atoms with Crippen LogP contribution in [0.25, 0.3) is 16.9 Å². The number of imidazole rings is 1. The number of rotatable bonds is 3. The first kappa shape index (κ1) is 16.4. The van der Waals surface area contributed by atoms with E-state index >= 15 is 0 Å². The van der Waals surface area contributed by atoms with E-state index in [2.05, 4.69) is 50.8 Å². The number of benzene rings is 2. The molecule has 0 fully saturated rings. The Balaban J connectivity index is 1.35. The van der Waals surface area contributed by atoms with Crippen molar-refractivity contribution < 1.29 is 4.79 Å². The van der Waals surface area contributed by atoms with E-state index in [0.29, 0.717) is 5.82 Å². The largest absolute Gasteiger partial charge is 0.321 e. The summed E-state index contributed by atoms with van der Waals surface area (Å²) in [7, 11) is 0. The van der Waals surface area contributed by atoms with Gasteiger partial charge in [-0.2, -0.15) is 0 Å². The van der Waals surface area contributed by atoms with Crippen molar-refractivity contribution in [3.63, 3.8) is 0 Å². The quantitative estimate of drug-likeness (QED) is 0.526. The third-order valence-corrected chi connectivity index (χ3v) is 5.01. The topological polar surface area (TPSA) is 72.7 Å². The number of hydrogen-bond acceptors (Lipinski definition) is 4. The average Bonchev–Trinajstić information content (AvgIpc) is 3.31. The molecule has 4 aromatic rings. The van der Waals surface area contributed by atoms with Crippen LogP contribution in [0.4, 0.5) is 5.69 Å². The fourth-order valence-electron chi connectivity index (χ4n) is 3.61. The molecule has 0 atom stereocenters. The minimum Gasteiger partial charge on any atom is -0.321 e. The molecule has 6 nitrogen and oxygen atoms in total. The zero-order chi connectivity index (χ0) is 19.1. The average molecular weight is 367 g/mol. The number of carbonyl (C=O) groups excluding carboxylic acids is 1. The van der Waals surface area contributed by atoms with Gasteiger partial charge in [0.2, 0.25) is 0 Å². The Morgan fingerprint density at radius 1 is 1.00 bits per heavy atom. The highest BCUT2D eigenvalue weighted by molar-refractivity contribution is 6.03. The van der Waals surface area contributed by atoms with Crippen LogP contribution in [0.15, 0.2) is 67.0 Å². The monoisotopic (exact) mass is 367 g/mol. The number of aromatic nitrogens is 4. The maximum atomic E-state index is 12.6. The van der Waals surface area contributed by atoms with E-state index in [4.69, 9.17) is 0 Å². The third-order valence-electron chi connectivity index (χ3n) is 5.01. The lowest BCUT2D eigenvalue weighted by Gasteiger charge is -2.08. The van der Waals surface area contributed by atoms with Crippen molar-refractivity contribution >= 4 is 11.6 Å². The SMILES string of the molecule is Cc1nccn1-c1ccc(C(=O)Nc2ccc3c(c2)Cc2ccccc2-3)nn1. The van der Waals surface area contributed by atoms with E-state index in [-0.39, 0.29) is 11.6 Å². The van der Waals surface area contributed by atoms with Gasteiger partial charge < -0.3 is 5.32 Å². The predicted molar refractivity (Wildman–Crippen MR) is 107 cm³/mol. The van der Waals surface area contributed by atoms with E-state index in [9.17, 15) is 4.79 Å². The summed E-state index contributed by atoms with van der Waals surface area (Å²) in [4.78, 5) is 16.7. The standard InChI is InChI=1S/C22H17N5O/c1-14-23-10-11-27(14)21-9-8-20(25-26-21)22(28)24-17-6-7-19-16(13-17)12-15-4-2-3-5-18(15)19/h2-11,13H,12H2,1H3,(H,24,28). The Labute approximate surface area is 161 Å². The van der Waals surface area contributed by atoms with Crippen molar-refractivity contribution in [2.75, 3.05) is 5.32 Å². The minimum atomic E-state index is -0.281. The lowest BCUT2D eigenvalue weighted by Crippen LogP contribution is -2.15. The first-order valence-electron chi connectivity index (χ1n) is 9.06. The molecule has 1 N–H and O–H groups in total. The van der Waals surface area contributed by atoms with E-state index < -0.39 is 0 Å². The van der Waals surface area contributed by atoms with Crippen LogP contribution in [0.1, 0.15) is 27.4 Å². The highest BCUT2D eigenvalue weighted by atomic mass is 16.1. The van der Waals surface area contributed by atoms with Crippen LogP contribution >= 0.6 is 0 Å². The van der Waals surface area contributed by atoms with Crippen molar-refractivity contribution in [2.24, 2.45) is 0 Å². The van der Waals surface area contributed by atoms with Crippen LogP contribution in [0.3, 0.4) is 0 Å². The maximum absolute atomic E-state index is 12.6. The summed E-state index contributed by atoms with van der Waals surface area (Å²) in [6.07, 6.45) is 4.39. The second-order valence-electron chi connectivity index (χ2n) is 6.78. The molecule has 28 heavy (non-hydrogen) atoms. The molecule has 136 valence electrons. The molecule has 2 heterocycles. The number of amides is 1. The molecule has 1 aliphatic rings. The van der Waals surface area contributed by atoms with Crippen LogP contribution in [-0.4, -0.2) is 25.7 Å². The first-order chi connectivity index (χ1) is 13.7. The van der Waals surface area contributed by atoms with Crippen LogP contribution < -0.4 is 5.32 Å². The molecule has 6 heteroatoms. The third kappa shape index (κ3) is 2.75. The molecule has 0 saturated carbocycles. The molecule has 2 aromatic heterocycles. The van der Waals surface area contributed by atoms with E-state index in [1.54, 1.807) is 18.3 Å². The van der Waals surface area contributed by atoms with Crippen molar-refractivity contribution in [2.45, 2.75) is 13.3 Å². The van der Waals surface area contributed by atoms with Gasteiger partial charge in [-0.1, -0.05) is 30.3 Å². The first-order valence-corrected chi connectivity index (χ1v) is 9.06. The number of fused-ring (bicyclic) bond motifs is 3. The summed E-state index contributed by atoms with van der Waals surface area (Å²) in [5.74, 6) is 1.16. The molecule has 1 aliphatic carbocycles. The molecule has 0 spiro atoms. The number of anilines is 1. The summed E-state index contributed by atoms with van der Waals surface area (Å²) in [5, 5.41) is 11.1. The molecular weight excluding hydrogens is 350 g/mol. The number of carbonyl (C=O) groups is 1.